The van der Waals surface area contributed by atoms with Gasteiger partial charge >= 0.3 is 0 Å². The Hall–Kier alpha value is -0.620. The number of hydrogen-bond donors (Lipinski definition) is 1. The predicted octanol–water partition coefficient (Wildman–Crippen LogP) is 1.80. The first-order chi connectivity index (χ1) is 8.75. The van der Waals surface area contributed by atoms with E-state index < -0.39 is 0 Å². The van der Waals surface area contributed by atoms with E-state index in [2.05, 4.69) is 22.0 Å². The van der Waals surface area contributed by atoms with Crippen molar-refractivity contribution in [3.05, 3.63) is 27.7 Å². The number of fused-ring (bicyclic) bond motifs is 1. The summed E-state index contributed by atoms with van der Waals surface area (Å²) in [6, 6.07) is 3.90. The molecule has 0 amide bonds. The van der Waals surface area contributed by atoms with Crippen molar-refractivity contribution in [2.75, 3.05) is 26.4 Å². The molecule has 2 aliphatic heterocycles. The van der Waals surface area contributed by atoms with Crippen molar-refractivity contribution < 1.29 is 14.2 Å². The Morgan fingerprint density at radius 1 is 1.28 bits per heavy atom. The van der Waals surface area contributed by atoms with Gasteiger partial charge in [0.25, 0.3) is 0 Å². The van der Waals surface area contributed by atoms with Gasteiger partial charge in [-0.2, -0.15) is 0 Å². The average molecular weight is 314 g/mol. The maximum Gasteiger partial charge on any atom is 0.127 e. The van der Waals surface area contributed by atoms with Gasteiger partial charge in [0.2, 0.25) is 0 Å². The molecular weight excluding hydrogens is 298 g/mol. The van der Waals surface area contributed by atoms with Crippen molar-refractivity contribution in [3.63, 3.8) is 0 Å². The lowest BCUT2D eigenvalue weighted by molar-refractivity contribution is -0.0977. The zero-order valence-electron chi connectivity index (χ0n) is 10.0. The molecule has 2 unspecified atom stereocenters. The Bertz CT molecular complexity index is 446. The van der Waals surface area contributed by atoms with E-state index in [1.54, 1.807) is 0 Å². The first kappa shape index (κ1) is 12.4. The van der Waals surface area contributed by atoms with Crippen molar-refractivity contribution in [1.29, 1.82) is 0 Å². The highest BCUT2D eigenvalue weighted by Gasteiger charge is 2.28. The van der Waals surface area contributed by atoms with Gasteiger partial charge in [0, 0.05) is 16.5 Å². The molecule has 0 aliphatic carbocycles. The van der Waals surface area contributed by atoms with Gasteiger partial charge in [-0.15, -0.1) is 0 Å². The van der Waals surface area contributed by atoms with Crippen molar-refractivity contribution in [1.82, 2.24) is 0 Å². The number of ether oxygens (including phenoxy) is 3. The van der Waals surface area contributed by atoms with Gasteiger partial charge in [-0.1, -0.05) is 15.9 Å². The Morgan fingerprint density at radius 2 is 2.17 bits per heavy atom. The molecule has 1 aromatic carbocycles. The maximum atomic E-state index is 6.31. The minimum Gasteiger partial charge on any atom is -0.493 e. The maximum absolute atomic E-state index is 6.31. The number of nitrogens with two attached hydrogens (primary N) is 1. The molecule has 18 heavy (non-hydrogen) atoms. The van der Waals surface area contributed by atoms with Crippen molar-refractivity contribution in [2.45, 2.75) is 18.6 Å². The van der Waals surface area contributed by atoms with Crippen LogP contribution >= 0.6 is 15.9 Å². The van der Waals surface area contributed by atoms with Crippen LogP contribution in [0.3, 0.4) is 0 Å². The number of halogens is 1. The SMILES string of the molecule is NC(c1cc(Br)cc2c1OCC2)C1COCCO1. The summed E-state index contributed by atoms with van der Waals surface area (Å²) < 4.78 is 17.8. The molecule has 2 N–H and O–H groups in total. The highest BCUT2D eigenvalue weighted by molar-refractivity contribution is 9.10. The normalized spacial score (nSPS) is 24.4. The number of rotatable bonds is 2. The van der Waals surface area contributed by atoms with Crippen LogP contribution in [0.4, 0.5) is 0 Å². The molecule has 2 aliphatic rings. The number of hydrogen-bond acceptors (Lipinski definition) is 4. The molecule has 0 radical (unpaired) electrons. The van der Waals surface area contributed by atoms with E-state index in [0.717, 1.165) is 28.8 Å². The van der Waals surface area contributed by atoms with Crippen LogP contribution in [0.25, 0.3) is 0 Å². The van der Waals surface area contributed by atoms with E-state index in [9.17, 15) is 0 Å². The van der Waals surface area contributed by atoms with Crippen LogP contribution in [-0.4, -0.2) is 32.5 Å². The molecule has 5 heteroatoms. The fourth-order valence-electron chi connectivity index (χ4n) is 2.46. The summed E-state index contributed by atoms with van der Waals surface area (Å²) >= 11 is 3.52. The first-order valence-corrected chi connectivity index (χ1v) is 6.95. The lowest BCUT2D eigenvalue weighted by atomic mass is 9.98. The zero-order chi connectivity index (χ0) is 12.5. The average Bonchev–Trinajstić information content (AvgIpc) is 2.86. The molecule has 4 nitrogen and oxygen atoms in total. The van der Waals surface area contributed by atoms with Gasteiger partial charge in [-0.05, 0) is 17.7 Å². The smallest absolute Gasteiger partial charge is 0.127 e. The van der Waals surface area contributed by atoms with E-state index in [1.165, 1.54) is 5.56 Å². The monoisotopic (exact) mass is 313 g/mol. The van der Waals surface area contributed by atoms with E-state index in [1.807, 2.05) is 6.07 Å². The predicted molar refractivity (Wildman–Crippen MR) is 70.8 cm³/mol. The third-order valence-electron chi connectivity index (χ3n) is 3.38. The minimum absolute atomic E-state index is 0.0960. The molecular formula is C13H16BrNO3. The van der Waals surface area contributed by atoms with Gasteiger partial charge in [-0.25, -0.2) is 0 Å². The van der Waals surface area contributed by atoms with Crippen LogP contribution < -0.4 is 10.5 Å². The summed E-state index contributed by atoms with van der Waals surface area (Å²) in [5.41, 5.74) is 8.53. The summed E-state index contributed by atoms with van der Waals surface area (Å²) in [5, 5.41) is 0. The van der Waals surface area contributed by atoms with Crippen LogP contribution in [-0.2, 0) is 15.9 Å². The summed E-state index contributed by atoms with van der Waals surface area (Å²) in [7, 11) is 0. The Morgan fingerprint density at radius 3 is 2.94 bits per heavy atom. The summed E-state index contributed by atoms with van der Waals surface area (Å²) in [4.78, 5) is 0. The largest absolute Gasteiger partial charge is 0.493 e. The quantitative estimate of drug-likeness (QED) is 0.904. The first-order valence-electron chi connectivity index (χ1n) is 6.16. The van der Waals surface area contributed by atoms with Crippen LogP contribution in [0, 0.1) is 0 Å². The molecule has 1 aromatic rings. The van der Waals surface area contributed by atoms with Crippen LogP contribution in [0.1, 0.15) is 17.2 Å². The van der Waals surface area contributed by atoms with Crippen molar-refractivity contribution >= 4 is 15.9 Å². The Balaban J connectivity index is 1.91. The lowest BCUT2D eigenvalue weighted by Gasteiger charge is -2.29. The van der Waals surface area contributed by atoms with Gasteiger partial charge in [0.15, 0.2) is 0 Å². The second-order valence-corrected chi connectivity index (χ2v) is 5.51. The molecule has 98 valence electrons. The molecule has 2 atom stereocenters. The zero-order valence-corrected chi connectivity index (χ0v) is 11.6. The van der Waals surface area contributed by atoms with E-state index >= 15 is 0 Å². The summed E-state index contributed by atoms with van der Waals surface area (Å²) in [6.45, 7) is 2.53. The van der Waals surface area contributed by atoms with Gasteiger partial charge < -0.3 is 19.9 Å². The highest BCUT2D eigenvalue weighted by Crippen LogP contribution is 2.37. The topological polar surface area (TPSA) is 53.7 Å². The van der Waals surface area contributed by atoms with E-state index in [-0.39, 0.29) is 12.1 Å². The molecule has 0 bridgehead atoms. The van der Waals surface area contributed by atoms with E-state index in [0.29, 0.717) is 19.8 Å². The highest BCUT2D eigenvalue weighted by atomic mass is 79.9. The summed E-state index contributed by atoms with van der Waals surface area (Å²) in [5.74, 6) is 0.930. The van der Waals surface area contributed by atoms with Crippen LogP contribution in [0.2, 0.25) is 0 Å². The summed E-state index contributed by atoms with van der Waals surface area (Å²) in [6.07, 6.45) is 0.845. The second kappa shape index (κ2) is 5.17. The van der Waals surface area contributed by atoms with Gasteiger partial charge in [0.05, 0.1) is 32.5 Å². The van der Waals surface area contributed by atoms with Crippen molar-refractivity contribution in [2.24, 2.45) is 5.73 Å². The Labute approximate surface area is 115 Å². The molecule has 0 saturated carbocycles. The fraction of sp³-hybridized carbons (Fsp3) is 0.538. The molecule has 2 heterocycles. The molecule has 0 aromatic heterocycles. The van der Waals surface area contributed by atoms with E-state index in [4.69, 9.17) is 19.9 Å². The Kier molecular flexibility index (Phi) is 3.56. The third-order valence-corrected chi connectivity index (χ3v) is 3.84. The molecule has 3 rings (SSSR count). The number of benzene rings is 1. The van der Waals surface area contributed by atoms with Crippen LogP contribution in [0.15, 0.2) is 16.6 Å². The third kappa shape index (κ3) is 2.28. The second-order valence-electron chi connectivity index (χ2n) is 4.59. The minimum atomic E-state index is -0.213. The van der Waals surface area contributed by atoms with Gasteiger partial charge in [-0.3, -0.25) is 0 Å². The molecule has 1 saturated heterocycles. The lowest BCUT2D eigenvalue weighted by Crippen LogP contribution is -2.38. The standard InChI is InChI=1S/C13H16BrNO3/c14-9-5-8-1-2-18-13(8)10(6-9)12(15)11-7-16-3-4-17-11/h5-6,11-12H,1-4,7,15H2. The molecule has 1 fully saturated rings. The van der Waals surface area contributed by atoms with Crippen molar-refractivity contribution in [3.8, 4) is 5.75 Å². The fourth-order valence-corrected chi connectivity index (χ4v) is 2.98. The van der Waals surface area contributed by atoms with Crippen LogP contribution in [0.5, 0.6) is 5.75 Å². The van der Waals surface area contributed by atoms with Gasteiger partial charge in [0.1, 0.15) is 11.9 Å². The molecule has 0 spiro atoms.